The molecule has 7 nitrogen and oxygen atoms in total. The number of amides is 1. The van der Waals surface area contributed by atoms with Gasteiger partial charge in [-0.15, -0.1) is 0 Å². The molecular weight excluding hydrogens is 438 g/mol. The first kappa shape index (κ1) is 23.5. The van der Waals surface area contributed by atoms with Crippen LogP contribution >= 0.6 is 11.6 Å². The Balaban J connectivity index is 1.63. The lowest BCUT2D eigenvalue weighted by molar-refractivity contribution is 0.0697. The van der Waals surface area contributed by atoms with Crippen molar-refractivity contribution in [1.29, 1.82) is 0 Å². The third kappa shape index (κ3) is 5.96. The molecule has 1 aromatic carbocycles. The molecule has 2 aromatic rings. The Morgan fingerprint density at radius 3 is 2.65 bits per heavy atom. The van der Waals surface area contributed by atoms with Crippen molar-refractivity contribution in [1.82, 2.24) is 14.2 Å². The van der Waals surface area contributed by atoms with E-state index in [9.17, 15) is 13.2 Å². The van der Waals surface area contributed by atoms with E-state index in [1.807, 2.05) is 25.1 Å². The Morgan fingerprint density at radius 1 is 1.23 bits per heavy atom. The van der Waals surface area contributed by atoms with Crippen LogP contribution in [-0.4, -0.2) is 61.0 Å². The van der Waals surface area contributed by atoms with E-state index < -0.39 is 22.2 Å². The maximum atomic E-state index is 13.3. The predicted octanol–water partition coefficient (Wildman–Crippen LogP) is 3.98. The number of ether oxygens (including phenoxy) is 1. The van der Waals surface area contributed by atoms with Gasteiger partial charge in [-0.05, 0) is 56.2 Å². The van der Waals surface area contributed by atoms with E-state index >= 15 is 0 Å². The molecule has 1 aliphatic heterocycles. The van der Waals surface area contributed by atoms with Crippen molar-refractivity contribution in [3.63, 3.8) is 0 Å². The molecule has 0 saturated carbocycles. The summed E-state index contributed by atoms with van der Waals surface area (Å²) < 4.78 is 33.6. The molecular formula is C22H28ClN3O4S. The second kappa shape index (κ2) is 10.4. The standard InChI is InChI=1S/C22H28ClN3O4S/c1-17-6-5-8-20(26(17)31(28,29)21-11-9-18(23)10-12-21)16-30-22(27)25(2)15-13-19-7-3-4-14-24-19/h3-4,7,9-12,14,17,20H,5-6,8,13,15-16H2,1-2H3/t17-,20-/m1/s1. The molecule has 0 bridgehead atoms. The highest BCUT2D eigenvalue weighted by atomic mass is 35.5. The maximum absolute atomic E-state index is 13.3. The van der Waals surface area contributed by atoms with Crippen molar-refractivity contribution in [3.05, 3.63) is 59.4 Å². The summed E-state index contributed by atoms with van der Waals surface area (Å²) in [6, 6.07) is 11.2. The number of hydrogen-bond donors (Lipinski definition) is 0. The Labute approximate surface area is 189 Å². The topological polar surface area (TPSA) is 79.8 Å². The summed E-state index contributed by atoms with van der Waals surface area (Å²) in [6.45, 7) is 2.37. The zero-order valence-corrected chi connectivity index (χ0v) is 19.3. The van der Waals surface area contributed by atoms with Gasteiger partial charge in [0.15, 0.2) is 0 Å². The summed E-state index contributed by atoms with van der Waals surface area (Å²) in [5.41, 5.74) is 0.892. The van der Waals surface area contributed by atoms with Crippen LogP contribution in [0.5, 0.6) is 0 Å². The zero-order chi connectivity index (χ0) is 22.4. The van der Waals surface area contributed by atoms with Gasteiger partial charge < -0.3 is 9.64 Å². The lowest BCUT2D eigenvalue weighted by atomic mass is 10.0. The van der Waals surface area contributed by atoms with E-state index in [1.165, 1.54) is 21.3 Å². The van der Waals surface area contributed by atoms with Gasteiger partial charge in [-0.2, -0.15) is 4.31 Å². The maximum Gasteiger partial charge on any atom is 0.409 e. The number of hydrogen-bond acceptors (Lipinski definition) is 5. The second-order valence-corrected chi connectivity index (χ2v) is 10.1. The van der Waals surface area contributed by atoms with Crippen LogP contribution in [0, 0.1) is 0 Å². The summed E-state index contributed by atoms with van der Waals surface area (Å²) in [6.07, 6.45) is 4.14. The van der Waals surface area contributed by atoms with Gasteiger partial charge in [-0.25, -0.2) is 13.2 Å². The molecule has 9 heteroatoms. The minimum atomic E-state index is -3.73. The molecule has 0 N–H and O–H groups in total. The van der Waals surface area contributed by atoms with Crippen molar-refractivity contribution >= 4 is 27.7 Å². The van der Waals surface area contributed by atoms with Crippen LogP contribution in [0.4, 0.5) is 4.79 Å². The fraction of sp³-hybridized carbons (Fsp3) is 0.455. The lowest BCUT2D eigenvalue weighted by Gasteiger charge is -2.39. The monoisotopic (exact) mass is 465 g/mol. The van der Waals surface area contributed by atoms with E-state index in [1.54, 1.807) is 25.4 Å². The Morgan fingerprint density at radius 2 is 1.97 bits per heavy atom. The summed E-state index contributed by atoms with van der Waals surface area (Å²) >= 11 is 5.91. The Hall–Kier alpha value is -2.16. The highest BCUT2D eigenvalue weighted by Crippen LogP contribution is 2.30. The van der Waals surface area contributed by atoms with Gasteiger partial charge in [-0.3, -0.25) is 4.98 Å². The molecule has 1 fully saturated rings. The average molecular weight is 466 g/mol. The normalized spacial score (nSPS) is 19.7. The van der Waals surface area contributed by atoms with E-state index in [4.69, 9.17) is 16.3 Å². The minimum Gasteiger partial charge on any atom is -0.448 e. The highest BCUT2D eigenvalue weighted by molar-refractivity contribution is 7.89. The van der Waals surface area contributed by atoms with Crippen molar-refractivity contribution in [2.24, 2.45) is 0 Å². The van der Waals surface area contributed by atoms with Crippen LogP contribution in [-0.2, 0) is 21.2 Å². The van der Waals surface area contributed by atoms with Gasteiger partial charge in [0.2, 0.25) is 10.0 Å². The number of sulfonamides is 1. The van der Waals surface area contributed by atoms with Gasteiger partial charge in [0, 0.05) is 43.0 Å². The summed E-state index contributed by atoms with van der Waals surface area (Å²) in [7, 11) is -2.07. The molecule has 0 aliphatic carbocycles. The van der Waals surface area contributed by atoms with Crippen LogP contribution in [0.2, 0.25) is 5.02 Å². The number of likely N-dealkylation sites (N-methyl/N-ethyl adjacent to an activating group) is 1. The number of nitrogens with zero attached hydrogens (tertiary/aromatic N) is 3. The third-order valence-electron chi connectivity index (χ3n) is 5.48. The van der Waals surface area contributed by atoms with Gasteiger partial charge >= 0.3 is 6.09 Å². The largest absolute Gasteiger partial charge is 0.448 e. The third-order valence-corrected chi connectivity index (χ3v) is 7.82. The van der Waals surface area contributed by atoms with Crippen LogP contribution in [0.15, 0.2) is 53.6 Å². The molecule has 0 radical (unpaired) electrons. The minimum absolute atomic E-state index is 0.0178. The SMILES string of the molecule is C[C@@H]1CCC[C@H](COC(=O)N(C)CCc2ccccn2)N1S(=O)(=O)c1ccc(Cl)cc1. The Kier molecular flexibility index (Phi) is 7.91. The quantitative estimate of drug-likeness (QED) is 0.618. The van der Waals surface area contributed by atoms with Crippen LogP contribution < -0.4 is 0 Å². The highest BCUT2D eigenvalue weighted by Gasteiger charge is 2.38. The first-order chi connectivity index (χ1) is 14.8. The van der Waals surface area contributed by atoms with E-state index in [2.05, 4.69) is 4.98 Å². The fourth-order valence-corrected chi connectivity index (χ4v) is 5.77. The molecule has 1 aromatic heterocycles. The second-order valence-electron chi connectivity index (χ2n) is 7.79. The number of carbonyl (C=O) groups excluding carboxylic acids is 1. The van der Waals surface area contributed by atoms with Gasteiger partial charge in [-0.1, -0.05) is 24.1 Å². The zero-order valence-electron chi connectivity index (χ0n) is 17.8. The van der Waals surface area contributed by atoms with E-state index in [-0.39, 0.29) is 17.5 Å². The van der Waals surface area contributed by atoms with Gasteiger partial charge in [0.25, 0.3) is 0 Å². The van der Waals surface area contributed by atoms with Crippen LogP contribution in [0.25, 0.3) is 0 Å². The molecule has 31 heavy (non-hydrogen) atoms. The number of piperidine rings is 1. The van der Waals surface area contributed by atoms with Crippen molar-refractivity contribution in [3.8, 4) is 0 Å². The number of aromatic nitrogens is 1. The summed E-state index contributed by atoms with van der Waals surface area (Å²) in [4.78, 5) is 18.4. The molecule has 2 atom stereocenters. The lowest BCUT2D eigenvalue weighted by Crippen LogP contribution is -2.51. The molecule has 0 spiro atoms. The summed E-state index contributed by atoms with van der Waals surface area (Å²) in [5, 5.41) is 0.477. The van der Waals surface area contributed by atoms with Crippen LogP contribution in [0.3, 0.4) is 0 Å². The van der Waals surface area contributed by atoms with Crippen molar-refractivity contribution in [2.75, 3.05) is 20.2 Å². The van der Waals surface area contributed by atoms with Gasteiger partial charge in [0.1, 0.15) is 6.61 Å². The summed E-state index contributed by atoms with van der Waals surface area (Å²) in [5.74, 6) is 0. The van der Waals surface area contributed by atoms with Gasteiger partial charge in [0.05, 0.1) is 10.9 Å². The number of benzene rings is 1. The molecule has 2 heterocycles. The molecule has 0 unspecified atom stereocenters. The molecule has 168 valence electrons. The molecule has 1 saturated heterocycles. The predicted molar refractivity (Wildman–Crippen MR) is 119 cm³/mol. The molecule has 1 amide bonds. The van der Waals surface area contributed by atoms with Crippen molar-refractivity contribution in [2.45, 2.75) is 49.6 Å². The number of rotatable bonds is 7. The number of halogens is 1. The smallest absolute Gasteiger partial charge is 0.409 e. The molecule has 1 aliphatic rings. The number of pyridine rings is 1. The average Bonchev–Trinajstić information content (AvgIpc) is 2.76. The molecule has 3 rings (SSSR count). The van der Waals surface area contributed by atoms with E-state index in [0.29, 0.717) is 24.4 Å². The Bertz CT molecular complexity index is 970. The van der Waals surface area contributed by atoms with E-state index in [0.717, 1.165) is 18.5 Å². The van der Waals surface area contributed by atoms with Crippen LogP contribution in [0.1, 0.15) is 31.9 Å². The number of carbonyl (C=O) groups is 1. The van der Waals surface area contributed by atoms with Crippen molar-refractivity contribution < 1.29 is 17.9 Å². The fourth-order valence-electron chi connectivity index (χ4n) is 3.78. The first-order valence-corrected chi connectivity index (χ1v) is 12.2. The first-order valence-electron chi connectivity index (χ1n) is 10.4.